The van der Waals surface area contributed by atoms with Crippen LogP contribution in [0.25, 0.3) is 0 Å². The van der Waals surface area contributed by atoms with Crippen molar-refractivity contribution < 1.29 is 39.0 Å². The topological polar surface area (TPSA) is 151 Å². The highest BCUT2D eigenvalue weighted by Gasteiger charge is 2.46. The molecule has 0 unspecified atom stereocenters. The minimum atomic E-state index is -2.37. The van der Waals surface area contributed by atoms with E-state index in [-0.39, 0.29) is 25.6 Å². The van der Waals surface area contributed by atoms with Crippen LogP contribution in [0.3, 0.4) is 0 Å². The lowest BCUT2D eigenvalue weighted by atomic mass is 9.82. The van der Waals surface area contributed by atoms with E-state index in [0.717, 1.165) is 38.5 Å². The molecular weight excluding hydrogens is 624 g/mol. The second kappa shape index (κ2) is 25.3. The number of amides is 2. The Hall–Kier alpha value is -3.68. The Morgan fingerprint density at radius 3 is 2.10 bits per heavy atom. The first-order valence-corrected chi connectivity index (χ1v) is 18.0. The van der Waals surface area contributed by atoms with Gasteiger partial charge in [-0.15, -0.1) is 5.92 Å². The van der Waals surface area contributed by atoms with Gasteiger partial charge in [-0.25, -0.2) is 10.3 Å². The zero-order valence-electron chi connectivity index (χ0n) is 30.4. The molecule has 1 aromatic carbocycles. The molecule has 0 aliphatic carbocycles. The summed E-state index contributed by atoms with van der Waals surface area (Å²) in [7, 11) is 0. The van der Waals surface area contributed by atoms with E-state index < -0.39 is 35.3 Å². The van der Waals surface area contributed by atoms with Crippen molar-refractivity contribution in [3.05, 3.63) is 42.0 Å². The number of ketones is 1. The second-order valence-electron chi connectivity index (χ2n) is 12.8. The Bertz CT molecular complexity index is 1220. The first kappa shape index (κ1) is 43.3. The normalized spacial score (nSPS) is 13.6. The molecule has 49 heavy (non-hydrogen) atoms. The Balaban J connectivity index is 2.94. The number of hydroxylamine groups is 1. The summed E-state index contributed by atoms with van der Waals surface area (Å²) >= 11 is 0. The number of benzene rings is 1. The molecule has 4 N–H and O–H groups in total. The molecule has 10 nitrogen and oxygen atoms in total. The van der Waals surface area contributed by atoms with Gasteiger partial charge >= 0.3 is 5.97 Å². The number of aliphatic carboxylic acids is 1. The maximum Gasteiger partial charge on any atom is 0.336 e. The van der Waals surface area contributed by atoms with Gasteiger partial charge in [0.15, 0.2) is 5.60 Å². The number of unbranched alkanes of at least 4 members (excludes halogenated alkanes) is 8. The third-order valence-corrected chi connectivity index (χ3v) is 8.14. The van der Waals surface area contributed by atoms with Crippen LogP contribution in [0.2, 0.25) is 0 Å². The third-order valence-electron chi connectivity index (χ3n) is 8.14. The van der Waals surface area contributed by atoms with Crippen molar-refractivity contribution >= 4 is 23.6 Å². The van der Waals surface area contributed by atoms with Crippen LogP contribution in [0.1, 0.15) is 130 Å². The van der Waals surface area contributed by atoms with Gasteiger partial charge in [0.2, 0.25) is 5.91 Å². The minimum absolute atomic E-state index is 0.0745. The standard InChI is InChI=1S/C39H60N2O8/c1-6-9-11-14-17-20-32(42)21-18-15-12-13-16-19-22-34(39(47,27-8-3)38(45)46)36(43)40-35(37(44)41-49-30(4)5)29-31-23-25-33(26-24-31)48-28-10-7-2/h19,22-26,30,34-35,47H,6,8-9,11-18,20-21,27-29H2,1-5H3,(H,40,43)(H,41,44)(H,45,46)/t34-,35+,39+/m1/s1. The molecular formula is C39H60N2O8. The van der Waals surface area contributed by atoms with Crippen molar-refractivity contribution in [2.45, 2.75) is 149 Å². The number of nitrogens with one attached hydrogen (secondary N) is 2. The largest absolute Gasteiger partial charge is 0.481 e. The summed E-state index contributed by atoms with van der Waals surface area (Å²) < 4.78 is 5.56. The monoisotopic (exact) mass is 684 g/mol. The van der Waals surface area contributed by atoms with E-state index in [9.17, 15) is 29.4 Å². The predicted molar refractivity (Wildman–Crippen MR) is 192 cm³/mol. The third kappa shape index (κ3) is 18.0. The molecule has 0 saturated carbocycles. The highest BCUT2D eigenvalue weighted by Crippen LogP contribution is 2.27. The molecule has 10 heteroatoms. The van der Waals surface area contributed by atoms with Crippen molar-refractivity contribution in [3.63, 3.8) is 0 Å². The first-order chi connectivity index (χ1) is 23.5. The van der Waals surface area contributed by atoms with E-state index >= 15 is 0 Å². The van der Waals surface area contributed by atoms with Gasteiger partial charge in [-0.05, 0) is 70.6 Å². The SMILES string of the molecule is CC#CCOc1ccc(C[C@H](NC(=O)[C@@H](C=CCCCCCCC(=O)CCCCCCC)[C@@](O)(CCC)C(=O)O)C(=O)NOC(C)C)cc1. The van der Waals surface area contributed by atoms with Crippen LogP contribution < -0.4 is 15.5 Å². The van der Waals surface area contributed by atoms with E-state index in [1.807, 2.05) is 0 Å². The molecule has 274 valence electrons. The van der Waals surface area contributed by atoms with Gasteiger partial charge in [0.25, 0.3) is 5.91 Å². The molecule has 0 fully saturated rings. The summed E-state index contributed by atoms with van der Waals surface area (Å²) in [5.41, 5.74) is 0.705. The van der Waals surface area contributed by atoms with Crippen LogP contribution in [0, 0.1) is 17.8 Å². The van der Waals surface area contributed by atoms with Gasteiger partial charge < -0.3 is 20.3 Å². The average Bonchev–Trinajstić information content (AvgIpc) is 3.06. The van der Waals surface area contributed by atoms with E-state index in [1.54, 1.807) is 58.0 Å². The predicted octanol–water partition coefficient (Wildman–Crippen LogP) is 6.63. The van der Waals surface area contributed by atoms with E-state index in [1.165, 1.54) is 25.3 Å². The number of rotatable bonds is 27. The Morgan fingerprint density at radius 2 is 1.53 bits per heavy atom. The Kier molecular flexibility index (Phi) is 22.4. The summed E-state index contributed by atoms with van der Waals surface area (Å²) in [6.07, 6.45) is 14.0. The first-order valence-electron chi connectivity index (χ1n) is 18.0. The molecule has 0 aromatic heterocycles. The fraction of sp³-hybridized carbons (Fsp3) is 0.641. The maximum atomic E-state index is 13.7. The second-order valence-corrected chi connectivity index (χ2v) is 12.8. The summed E-state index contributed by atoms with van der Waals surface area (Å²) in [4.78, 5) is 56.7. The Morgan fingerprint density at radius 1 is 0.898 bits per heavy atom. The van der Waals surface area contributed by atoms with Gasteiger partial charge in [-0.2, -0.15) is 0 Å². The summed E-state index contributed by atoms with van der Waals surface area (Å²) in [5, 5.41) is 24.0. The quantitative estimate of drug-likeness (QED) is 0.0349. The van der Waals surface area contributed by atoms with Crippen molar-refractivity contribution in [1.82, 2.24) is 10.8 Å². The lowest BCUT2D eigenvalue weighted by Crippen LogP contribution is -2.56. The van der Waals surface area contributed by atoms with Crippen molar-refractivity contribution in [2.24, 2.45) is 5.92 Å². The highest BCUT2D eigenvalue weighted by molar-refractivity contribution is 5.93. The summed E-state index contributed by atoms with van der Waals surface area (Å²) in [5.74, 6) is 2.13. The molecule has 0 radical (unpaired) electrons. The van der Waals surface area contributed by atoms with E-state index in [2.05, 4.69) is 29.6 Å². The van der Waals surface area contributed by atoms with Crippen LogP contribution >= 0.6 is 0 Å². The number of aliphatic hydroxyl groups is 1. The van der Waals surface area contributed by atoms with Crippen LogP contribution in [-0.2, 0) is 30.4 Å². The number of carbonyl (C=O) groups is 4. The summed E-state index contributed by atoms with van der Waals surface area (Å²) in [6.45, 7) is 9.34. The lowest BCUT2D eigenvalue weighted by Gasteiger charge is -2.31. The summed E-state index contributed by atoms with van der Waals surface area (Å²) in [6, 6.07) is 5.86. The molecule has 0 aliphatic heterocycles. The number of carboxylic acids is 1. The van der Waals surface area contributed by atoms with E-state index in [0.29, 0.717) is 42.8 Å². The molecule has 0 spiro atoms. The smallest absolute Gasteiger partial charge is 0.336 e. The number of hydrogen-bond donors (Lipinski definition) is 4. The number of carbonyl (C=O) groups excluding carboxylic acids is 3. The number of hydrogen-bond acceptors (Lipinski definition) is 7. The molecule has 0 saturated heterocycles. The minimum Gasteiger partial charge on any atom is -0.481 e. The zero-order chi connectivity index (χ0) is 36.5. The molecule has 0 aliphatic rings. The van der Waals surface area contributed by atoms with Crippen molar-refractivity contribution in [1.29, 1.82) is 0 Å². The van der Waals surface area contributed by atoms with Crippen LogP contribution in [-0.4, -0.2) is 58.1 Å². The number of carboxylic acid groups (broad SMARTS) is 1. The van der Waals surface area contributed by atoms with Gasteiger partial charge in [-0.3, -0.25) is 19.2 Å². The number of allylic oxidation sites excluding steroid dienone is 1. The fourth-order valence-electron chi connectivity index (χ4n) is 5.33. The zero-order valence-corrected chi connectivity index (χ0v) is 30.4. The van der Waals surface area contributed by atoms with Crippen molar-refractivity contribution in [3.8, 4) is 17.6 Å². The van der Waals surface area contributed by atoms with Gasteiger partial charge in [0.1, 0.15) is 24.2 Å². The van der Waals surface area contributed by atoms with Gasteiger partial charge in [0, 0.05) is 19.3 Å². The highest BCUT2D eigenvalue weighted by atomic mass is 16.7. The maximum absolute atomic E-state index is 13.7. The lowest BCUT2D eigenvalue weighted by molar-refractivity contribution is -0.167. The number of ether oxygens (including phenoxy) is 1. The molecule has 0 heterocycles. The van der Waals surface area contributed by atoms with Gasteiger partial charge in [-0.1, -0.05) is 89.0 Å². The van der Waals surface area contributed by atoms with E-state index in [4.69, 9.17) is 9.57 Å². The van der Waals surface area contributed by atoms with Crippen LogP contribution in [0.4, 0.5) is 0 Å². The van der Waals surface area contributed by atoms with Crippen LogP contribution in [0.5, 0.6) is 5.75 Å². The van der Waals surface area contributed by atoms with Crippen LogP contribution in [0.15, 0.2) is 36.4 Å². The van der Waals surface area contributed by atoms with Gasteiger partial charge in [0.05, 0.1) is 12.0 Å². The molecule has 1 aromatic rings. The molecule has 0 bridgehead atoms. The van der Waals surface area contributed by atoms with Crippen molar-refractivity contribution in [2.75, 3.05) is 6.61 Å². The fourth-order valence-corrected chi connectivity index (χ4v) is 5.33. The Labute approximate surface area is 293 Å². The number of Topliss-reactive ketones (excluding diaryl/α,β-unsaturated/α-hetero) is 1. The molecule has 3 atom stereocenters. The average molecular weight is 685 g/mol. The molecule has 1 rings (SSSR count). The molecule has 2 amide bonds.